The third-order valence-electron chi connectivity index (χ3n) is 4.70. The molecule has 1 aliphatic heterocycles. The third-order valence-corrected chi connectivity index (χ3v) is 4.70. The number of carbonyl (C=O) groups excluding carboxylic acids is 1. The van der Waals surface area contributed by atoms with Crippen molar-refractivity contribution in [2.24, 2.45) is 0 Å². The number of nitrogens with zero attached hydrogens (tertiary/aromatic N) is 3. The van der Waals surface area contributed by atoms with Crippen LogP contribution in [0.1, 0.15) is 27.7 Å². The smallest absolute Gasteiger partial charge is 0.406 e. The topological polar surface area (TPSA) is 78.3 Å². The molecule has 4 rings (SSSR count). The fraction of sp³-hybridized carbons (Fsp3) is 0.286. The lowest BCUT2D eigenvalue weighted by Gasteiger charge is -2.24. The second-order valence-corrected chi connectivity index (χ2v) is 6.97. The molecule has 1 aromatic heterocycles. The van der Waals surface area contributed by atoms with Gasteiger partial charge in [0.1, 0.15) is 11.4 Å². The van der Waals surface area contributed by atoms with E-state index in [0.717, 1.165) is 35.1 Å². The number of ketones is 1. The molecule has 0 unspecified atom stereocenters. The molecule has 1 fully saturated rings. The molecular formula is C21H19F3N4O3. The zero-order valence-corrected chi connectivity index (χ0v) is 16.3. The SMILES string of the molecule is O=C(Cc1ccc([C@H]2CNCCO2)cc1)c1cnn(-c2cccc(OC(F)(F)F)c2)n1. The van der Waals surface area contributed by atoms with E-state index in [1.807, 2.05) is 24.3 Å². The van der Waals surface area contributed by atoms with E-state index >= 15 is 0 Å². The van der Waals surface area contributed by atoms with Crippen molar-refractivity contribution in [1.82, 2.24) is 20.3 Å². The number of benzene rings is 2. The zero-order valence-electron chi connectivity index (χ0n) is 16.3. The van der Waals surface area contributed by atoms with E-state index in [1.165, 1.54) is 24.4 Å². The summed E-state index contributed by atoms with van der Waals surface area (Å²) in [6.07, 6.45) is -3.39. The van der Waals surface area contributed by atoms with Crippen molar-refractivity contribution >= 4 is 5.78 Å². The largest absolute Gasteiger partial charge is 0.573 e. The van der Waals surface area contributed by atoms with Gasteiger partial charge in [-0.15, -0.1) is 18.3 Å². The maximum Gasteiger partial charge on any atom is 0.573 e. The standard InChI is InChI=1S/C21H19F3N4O3/c22-21(23,24)31-17-3-1-2-16(11-17)28-26-12-18(27-28)19(29)10-14-4-6-15(7-5-14)20-13-25-8-9-30-20/h1-7,11-12,20,25H,8-10,13H2/t20-/m1/s1. The van der Waals surface area contributed by atoms with Crippen molar-refractivity contribution in [1.29, 1.82) is 0 Å². The Morgan fingerprint density at radius 2 is 2.03 bits per heavy atom. The van der Waals surface area contributed by atoms with Crippen LogP contribution in [0.3, 0.4) is 0 Å². The minimum Gasteiger partial charge on any atom is -0.406 e. The molecular weight excluding hydrogens is 413 g/mol. The minimum absolute atomic E-state index is 0.00418. The van der Waals surface area contributed by atoms with Crippen LogP contribution in [-0.4, -0.2) is 46.8 Å². The van der Waals surface area contributed by atoms with Crippen molar-refractivity contribution in [3.05, 3.63) is 71.5 Å². The highest BCUT2D eigenvalue weighted by Gasteiger charge is 2.31. The summed E-state index contributed by atoms with van der Waals surface area (Å²) in [6.45, 7) is 2.24. The molecule has 0 saturated carbocycles. The Morgan fingerprint density at radius 1 is 1.23 bits per heavy atom. The van der Waals surface area contributed by atoms with Crippen molar-refractivity contribution in [3.8, 4) is 11.4 Å². The summed E-state index contributed by atoms with van der Waals surface area (Å²) in [5, 5.41) is 11.4. The number of nitrogens with one attached hydrogen (secondary N) is 1. The van der Waals surface area contributed by atoms with Crippen LogP contribution in [0, 0.1) is 0 Å². The Bertz CT molecular complexity index is 1040. The first-order chi connectivity index (χ1) is 14.9. The number of ether oxygens (including phenoxy) is 2. The Kier molecular flexibility index (Phi) is 6.01. The molecule has 1 aliphatic rings. The normalized spacial score (nSPS) is 16.8. The predicted molar refractivity (Wildman–Crippen MR) is 104 cm³/mol. The lowest BCUT2D eigenvalue weighted by Crippen LogP contribution is -2.33. The fourth-order valence-corrected chi connectivity index (χ4v) is 3.23. The number of halogens is 3. The maximum atomic E-state index is 12.6. The lowest BCUT2D eigenvalue weighted by atomic mass is 10.0. The number of morpholine rings is 1. The summed E-state index contributed by atoms with van der Waals surface area (Å²) in [4.78, 5) is 13.7. The van der Waals surface area contributed by atoms with E-state index in [0.29, 0.717) is 6.61 Å². The molecule has 10 heteroatoms. The third kappa shape index (κ3) is 5.47. The monoisotopic (exact) mass is 432 g/mol. The number of Topliss-reactive ketones (excluding diaryl/α,β-unsaturated/α-hetero) is 1. The molecule has 3 aromatic rings. The van der Waals surface area contributed by atoms with Gasteiger partial charge in [-0.2, -0.15) is 9.90 Å². The van der Waals surface area contributed by atoms with Gasteiger partial charge >= 0.3 is 6.36 Å². The number of aromatic nitrogens is 3. The van der Waals surface area contributed by atoms with Crippen LogP contribution in [-0.2, 0) is 11.2 Å². The molecule has 1 atom stereocenters. The molecule has 0 bridgehead atoms. The summed E-state index contributed by atoms with van der Waals surface area (Å²) in [7, 11) is 0. The minimum atomic E-state index is -4.80. The van der Waals surface area contributed by atoms with Crippen LogP contribution in [0.15, 0.2) is 54.7 Å². The summed E-state index contributed by atoms with van der Waals surface area (Å²) < 4.78 is 46.8. The van der Waals surface area contributed by atoms with Crippen molar-refractivity contribution in [3.63, 3.8) is 0 Å². The summed E-state index contributed by atoms with van der Waals surface area (Å²) >= 11 is 0. The lowest BCUT2D eigenvalue weighted by molar-refractivity contribution is -0.274. The van der Waals surface area contributed by atoms with Gasteiger partial charge in [0.2, 0.25) is 0 Å². The van der Waals surface area contributed by atoms with Crippen molar-refractivity contribution in [2.45, 2.75) is 18.9 Å². The van der Waals surface area contributed by atoms with Crippen molar-refractivity contribution < 1.29 is 27.4 Å². The Balaban J connectivity index is 1.42. The molecule has 31 heavy (non-hydrogen) atoms. The molecule has 0 amide bonds. The second-order valence-electron chi connectivity index (χ2n) is 6.97. The maximum absolute atomic E-state index is 12.6. The number of carbonyl (C=O) groups is 1. The van der Waals surface area contributed by atoms with Gasteiger partial charge in [0.15, 0.2) is 5.78 Å². The molecule has 1 N–H and O–H groups in total. The van der Waals surface area contributed by atoms with E-state index in [1.54, 1.807) is 0 Å². The highest BCUT2D eigenvalue weighted by molar-refractivity contribution is 5.95. The van der Waals surface area contributed by atoms with Crippen LogP contribution in [0.25, 0.3) is 5.69 Å². The van der Waals surface area contributed by atoms with Crippen LogP contribution in [0.4, 0.5) is 13.2 Å². The van der Waals surface area contributed by atoms with Crippen molar-refractivity contribution in [2.75, 3.05) is 19.7 Å². The van der Waals surface area contributed by atoms with Gasteiger partial charge in [-0.05, 0) is 23.3 Å². The van der Waals surface area contributed by atoms with Crippen LogP contribution in [0.2, 0.25) is 0 Å². The van der Waals surface area contributed by atoms with Gasteiger partial charge in [0.05, 0.1) is 24.6 Å². The zero-order chi connectivity index (χ0) is 21.8. The Hall–Kier alpha value is -3.24. The second kappa shape index (κ2) is 8.86. The van der Waals surface area contributed by atoms with E-state index in [9.17, 15) is 18.0 Å². The fourth-order valence-electron chi connectivity index (χ4n) is 3.23. The highest BCUT2D eigenvalue weighted by Crippen LogP contribution is 2.24. The quantitative estimate of drug-likeness (QED) is 0.603. The van der Waals surface area contributed by atoms with E-state index < -0.39 is 12.1 Å². The number of rotatable bonds is 6. The molecule has 2 aromatic carbocycles. The van der Waals surface area contributed by atoms with Crippen LogP contribution < -0.4 is 10.1 Å². The van der Waals surface area contributed by atoms with Gasteiger partial charge in [-0.3, -0.25) is 4.79 Å². The first-order valence-electron chi connectivity index (χ1n) is 9.60. The van der Waals surface area contributed by atoms with Gasteiger partial charge in [0, 0.05) is 25.6 Å². The summed E-state index contributed by atoms with van der Waals surface area (Å²) in [5.41, 5.74) is 2.21. The van der Waals surface area contributed by atoms with E-state index in [4.69, 9.17) is 4.74 Å². The highest BCUT2D eigenvalue weighted by atomic mass is 19.4. The van der Waals surface area contributed by atoms with Gasteiger partial charge in [0.25, 0.3) is 0 Å². The van der Waals surface area contributed by atoms with Gasteiger partial charge < -0.3 is 14.8 Å². The predicted octanol–water partition coefficient (Wildman–Crippen LogP) is 3.25. The Labute approximate surface area is 175 Å². The molecule has 0 aliphatic carbocycles. The van der Waals surface area contributed by atoms with Gasteiger partial charge in [-0.25, -0.2) is 0 Å². The number of alkyl halides is 3. The molecule has 7 nitrogen and oxygen atoms in total. The average Bonchev–Trinajstić information content (AvgIpc) is 3.25. The number of hydrogen-bond donors (Lipinski definition) is 1. The van der Waals surface area contributed by atoms with Crippen LogP contribution >= 0.6 is 0 Å². The molecule has 162 valence electrons. The van der Waals surface area contributed by atoms with Crippen LogP contribution in [0.5, 0.6) is 5.75 Å². The first kappa shape index (κ1) is 21.0. The summed E-state index contributed by atoms with van der Waals surface area (Å²) in [6, 6.07) is 12.8. The molecule has 0 radical (unpaired) electrons. The molecule has 2 heterocycles. The molecule has 1 saturated heterocycles. The van der Waals surface area contributed by atoms with E-state index in [-0.39, 0.29) is 29.7 Å². The average molecular weight is 432 g/mol. The van der Waals surface area contributed by atoms with E-state index in [2.05, 4.69) is 20.3 Å². The molecule has 0 spiro atoms. The number of hydrogen-bond acceptors (Lipinski definition) is 6. The Morgan fingerprint density at radius 3 is 2.74 bits per heavy atom. The van der Waals surface area contributed by atoms with Gasteiger partial charge in [-0.1, -0.05) is 30.3 Å². The summed E-state index contributed by atoms with van der Waals surface area (Å²) in [5.74, 6) is -0.648. The first-order valence-corrected chi connectivity index (χ1v) is 9.60.